The van der Waals surface area contributed by atoms with Crippen LogP contribution >= 0.6 is 0 Å². The van der Waals surface area contributed by atoms with Crippen molar-refractivity contribution in [1.82, 2.24) is 4.90 Å². The minimum absolute atomic E-state index is 0.716. The van der Waals surface area contributed by atoms with Gasteiger partial charge in [-0.3, -0.25) is 4.90 Å². The molecule has 2 saturated heterocycles. The van der Waals surface area contributed by atoms with E-state index in [1.807, 2.05) is 0 Å². The summed E-state index contributed by atoms with van der Waals surface area (Å²) < 4.78 is 5.28. The molecule has 0 radical (unpaired) electrons. The highest BCUT2D eigenvalue weighted by Crippen LogP contribution is 2.30. The first-order valence-electron chi connectivity index (χ1n) is 7.27. The Morgan fingerprint density at radius 2 is 1.78 bits per heavy atom. The van der Waals surface area contributed by atoms with Crippen LogP contribution in [0.1, 0.15) is 36.8 Å². The van der Waals surface area contributed by atoms with Gasteiger partial charge in [0, 0.05) is 0 Å². The summed E-state index contributed by atoms with van der Waals surface area (Å²) in [5.41, 5.74) is 2.99. The normalized spacial score (nSPS) is 22.9. The third-order valence-corrected chi connectivity index (χ3v) is 4.53. The van der Waals surface area contributed by atoms with E-state index >= 15 is 0 Å². The van der Waals surface area contributed by atoms with Gasteiger partial charge in [0.15, 0.2) is 0 Å². The van der Waals surface area contributed by atoms with E-state index in [-0.39, 0.29) is 0 Å². The van der Waals surface area contributed by atoms with Gasteiger partial charge in [0.05, 0.1) is 19.3 Å². The summed E-state index contributed by atoms with van der Waals surface area (Å²) >= 11 is 0. The number of aryl methyl sites for hydroxylation is 1. The van der Waals surface area contributed by atoms with E-state index in [0.717, 1.165) is 25.6 Å². The maximum atomic E-state index is 5.28. The topological polar surface area (TPSA) is 12.5 Å². The molecule has 2 aliphatic rings. The van der Waals surface area contributed by atoms with Crippen LogP contribution in [0, 0.1) is 0 Å². The van der Waals surface area contributed by atoms with Gasteiger partial charge in [-0.05, 0) is 49.4 Å². The molecule has 98 valence electrons. The summed E-state index contributed by atoms with van der Waals surface area (Å²) in [4.78, 5) is 2.61. The Morgan fingerprint density at radius 3 is 2.28 bits per heavy atom. The highest BCUT2D eigenvalue weighted by atomic mass is 16.5. The van der Waals surface area contributed by atoms with Crippen molar-refractivity contribution in [2.45, 2.75) is 38.1 Å². The molecule has 0 bridgehead atoms. The number of piperidine rings is 1. The molecule has 0 atom stereocenters. The highest BCUT2D eigenvalue weighted by molar-refractivity contribution is 5.25. The lowest BCUT2D eigenvalue weighted by atomic mass is 9.88. The number of rotatable bonds is 3. The van der Waals surface area contributed by atoms with Gasteiger partial charge in [-0.2, -0.15) is 0 Å². The molecule has 0 spiro atoms. The summed E-state index contributed by atoms with van der Waals surface area (Å²) in [7, 11) is 0. The van der Waals surface area contributed by atoms with Crippen molar-refractivity contribution in [2.24, 2.45) is 0 Å². The standard InChI is InChI=1S/C16H23NO/c1-2-13-3-5-14(6-4-13)15-7-9-17(10-8-15)16-11-18-12-16/h3-6,15-16H,2,7-12H2,1H3. The van der Waals surface area contributed by atoms with Crippen LogP contribution in [0.5, 0.6) is 0 Å². The maximum absolute atomic E-state index is 5.28. The van der Waals surface area contributed by atoms with Crippen LogP contribution < -0.4 is 0 Å². The monoisotopic (exact) mass is 245 g/mol. The fourth-order valence-electron chi connectivity index (χ4n) is 3.06. The van der Waals surface area contributed by atoms with E-state index in [4.69, 9.17) is 4.74 Å². The summed E-state index contributed by atoms with van der Waals surface area (Å²) in [6.07, 6.45) is 3.75. The van der Waals surface area contributed by atoms with Crippen molar-refractivity contribution in [3.05, 3.63) is 35.4 Å². The molecule has 0 N–H and O–H groups in total. The van der Waals surface area contributed by atoms with Crippen LogP contribution in [0.4, 0.5) is 0 Å². The Kier molecular flexibility index (Phi) is 3.67. The van der Waals surface area contributed by atoms with Crippen molar-refractivity contribution in [3.63, 3.8) is 0 Å². The van der Waals surface area contributed by atoms with Crippen molar-refractivity contribution in [2.75, 3.05) is 26.3 Å². The third kappa shape index (κ3) is 2.45. The second-order valence-corrected chi connectivity index (χ2v) is 5.60. The molecule has 1 aromatic carbocycles. The fraction of sp³-hybridized carbons (Fsp3) is 0.625. The molecule has 2 nitrogen and oxygen atoms in total. The van der Waals surface area contributed by atoms with Gasteiger partial charge in [0.2, 0.25) is 0 Å². The summed E-state index contributed by atoms with van der Waals surface area (Å²) in [5, 5.41) is 0. The number of hydrogen-bond donors (Lipinski definition) is 0. The van der Waals surface area contributed by atoms with E-state index in [1.165, 1.54) is 37.1 Å². The van der Waals surface area contributed by atoms with Gasteiger partial charge in [-0.1, -0.05) is 31.2 Å². The van der Waals surface area contributed by atoms with Gasteiger partial charge in [-0.25, -0.2) is 0 Å². The number of nitrogens with zero attached hydrogens (tertiary/aromatic N) is 1. The van der Waals surface area contributed by atoms with E-state index < -0.39 is 0 Å². The molecule has 0 aliphatic carbocycles. The number of hydrogen-bond acceptors (Lipinski definition) is 2. The SMILES string of the molecule is CCc1ccc(C2CCN(C3COC3)CC2)cc1. The van der Waals surface area contributed by atoms with E-state index in [1.54, 1.807) is 0 Å². The zero-order chi connectivity index (χ0) is 12.4. The fourth-order valence-corrected chi connectivity index (χ4v) is 3.06. The summed E-state index contributed by atoms with van der Waals surface area (Å²) in [5.74, 6) is 0.771. The molecule has 0 amide bonds. The molecular weight excluding hydrogens is 222 g/mol. The molecule has 0 aromatic heterocycles. The molecular formula is C16H23NO. The van der Waals surface area contributed by atoms with Crippen LogP contribution in [-0.2, 0) is 11.2 Å². The number of benzene rings is 1. The van der Waals surface area contributed by atoms with Crippen molar-refractivity contribution in [3.8, 4) is 0 Å². The predicted octanol–water partition coefficient (Wildman–Crippen LogP) is 2.83. The summed E-state index contributed by atoms with van der Waals surface area (Å²) in [6.45, 7) is 6.61. The molecule has 18 heavy (non-hydrogen) atoms. The Bertz CT molecular complexity index is 375. The average Bonchev–Trinajstić information content (AvgIpc) is 2.38. The van der Waals surface area contributed by atoms with E-state index in [0.29, 0.717) is 6.04 Å². The van der Waals surface area contributed by atoms with Gasteiger partial charge in [-0.15, -0.1) is 0 Å². The van der Waals surface area contributed by atoms with Crippen LogP contribution in [0.15, 0.2) is 24.3 Å². The largest absolute Gasteiger partial charge is 0.378 e. The quantitative estimate of drug-likeness (QED) is 0.812. The molecule has 2 heterocycles. The lowest BCUT2D eigenvalue weighted by molar-refractivity contribution is -0.0712. The van der Waals surface area contributed by atoms with E-state index in [9.17, 15) is 0 Å². The number of likely N-dealkylation sites (tertiary alicyclic amines) is 1. The third-order valence-electron chi connectivity index (χ3n) is 4.53. The zero-order valence-electron chi connectivity index (χ0n) is 11.3. The Labute approximate surface area is 110 Å². The van der Waals surface area contributed by atoms with Crippen LogP contribution in [0.25, 0.3) is 0 Å². The predicted molar refractivity (Wildman–Crippen MR) is 74.0 cm³/mol. The first-order chi connectivity index (χ1) is 8.86. The molecule has 2 aliphatic heterocycles. The molecule has 2 heteroatoms. The van der Waals surface area contributed by atoms with Crippen molar-refractivity contribution in [1.29, 1.82) is 0 Å². The Morgan fingerprint density at radius 1 is 1.11 bits per heavy atom. The molecule has 1 aromatic rings. The lowest BCUT2D eigenvalue weighted by Crippen LogP contribution is -2.51. The molecule has 2 fully saturated rings. The first-order valence-corrected chi connectivity index (χ1v) is 7.27. The van der Waals surface area contributed by atoms with Crippen LogP contribution in [-0.4, -0.2) is 37.2 Å². The van der Waals surface area contributed by atoms with Gasteiger partial charge in [0.1, 0.15) is 0 Å². The Hall–Kier alpha value is -0.860. The highest BCUT2D eigenvalue weighted by Gasteiger charge is 2.29. The first kappa shape index (κ1) is 12.2. The molecule has 3 rings (SSSR count). The minimum atomic E-state index is 0.716. The lowest BCUT2D eigenvalue weighted by Gasteiger charge is -2.41. The molecule has 0 unspecified atom stereocenters. The van der Waals surface area contributed by atoms with Gasteiger partial charge in [0.25, 0.3) is 0 Å². The molecule has 0 saturated carbocycles. The smallest absolute Gasteiger partial charge is 0.0645 e. The van der Waals surface area contributed by atoms with Crippen LogP contribution in [0.2, 0.25) is 0 Å². The van der Waals surface area contributed by atoms with Gasteiger partial charge >= 0.3 is 0 Å². The summed E-state index contributed by atoms with van der Waals surface area (Å²) in [6, 6.07) is 9.98. The zero-order valence-corrected chi connectivity index (χ0v) is 11.3. The van der Waals surface area contributed by atoms with E-state index in [2.05, 4.69) is 36.1 Å². The second-order valence-electron chi connectivity index (χ2n) is 5.60. The second kappa shape index (κ2) is 5.41. The maximum Gasteiger partial charge on any atom is 0.0645 e. The number of ether oxygens (including phenoxy) is 1. The van der Waals surface area contributed by atoms with Crippen molar-refractivity contribution >= 4 is 0 Å². The minimum Gasteiger partial charge on any atom is -0.378 e. The van der Waals surface area contributed by atoms with Crippen molar-refractivity contribution < 1.29 is 4.74 Å². The van der Waals surface area contributed by atoms with Crippen LogP contribution in [0.3, 0.4) is 0 Å². The average molecular weight is 245 g/mol. The van der Waals surface area contributed by atoms with Gasteiger partial charge < -0.3 is 4.74 Å². The Balaban J connectivity index is 1.57.